The van der Waals surface area contributed by atoms with Crippen molar-refractivity contribution >= 4 is 27.9 Å². The molecule has 0 amide bonds. The van der Waals surface area contributed by atoms with E-state index in [2.05, 4.69) is 21.1 Å². The molecule has 0 fully saturated rings. The van der Waals surface area contributed by atoms with Gasteiger partial charge in [0.15, 0.2) is 16.6 Å². The van der Waals surface area contributed by atoms with Gasteiger partial charge in [-0.1, -0.05) is 18.3 Å². The molecular formula is C20H17FN6S. The maximum atomic E-state index is 13.3. The number of benzene rings is 1. The maximum Gasteiger partial charge on any atom is 0.192 e. The van der Waals surface area contributed by atoms with E-state index in [-0.39, 0.29) is 5.82 Å². The highest BCUT2D eigenvalue weighted by Crippen LogP contribution is 2.36. The number of nitriles is 1. The Bertz CT molecular complexity index is 1200. The Balaban J connectivity index is 1.84. The lowest BCUT2D eigenvalue weighted by Gasteiger charge is -2.16. The van der Waals surface area contributed by atoms with E-state index in [0.29, 0.717) is 21.3 Å². The number of imidazole rings is 1. The van der Waals surface area contributed by atoms with Gasteiger partial charge in [0.25, 0.3) is 0 Å². The number of aromatic nitrogens is 4. The maximum absolute atomic E-state index is 13.3. The molecule has 0 saturated heterocycles. The van der Waals surface area contributed by atoms with Crippen LogP contribution in [0.25, 0.3) is 16.9 Å². The summed E-state index contributed by atoms with van der Waals surface area (Å²) in [6.45, 7) is 3.97. The van der Waals surface area contributed by atoms with Gasteiger partial charge in [-0.3, -0.25) is 0 Å². The van der Waals surface area contributed by atoms with Gasteiger partial charge in [-0.15, -0.1) is 0 Å². The molecule has 3 aromatic heterocycles. The number of anilines is 2. The molecule has 3 heterocycles. The average molecular weight is 392 g/mol. The summed E-state index contributed by atoms with van der Waals surface area (Å²) >= 11 is 1.29. The Morgan fingerprint density at radius 3 is 2.61 bits per heavy atom. The van der Waals surface area contributed by atoms with Crippen molar-refractivity contribution in [3.8, 4) is 17.3 Å². The lowest BCUT2D eigenvalue weighted by Crippen LogP contribution is -2.14. The standard InChI is InChI=1S/C20H17FN6S/c1-4-15-19(27-17(23-15)10-5-12(2)25-27)26(3)20-24-18(16(11-22)28-20)13-6-8-14(21)9-7-13/h5-10H,4H2,1-3H3. The van der Waals surface area contributed by atoms with Gasteiger partial charge in [0.05, 0.1) is 11.4 Å². The topological polar surface area (TPSA) is 70.1 Å². The fraction of sp³-hybridized carbons (Fsp3) is 0.200. The Morgan fingerprint density at radius 1 is 1.18 bits per heavy atom. The van der Waals surface area contributed by atoms with E-state index in [9.17, 15) is 9.65 Å². The summed E-state index contributed by atoms with van der Waals surface area (Å²) in [5.41, 5.74) is 3.80. The first-order valence-corrected chi connectivity index (χ1v) is 9.59. The molecule has 0 aliphatic rings. The van der Waals surface area contributed by atoms with Crippen molar-refractivity contribution in [3.05, 3.63) is 58.5 Å². The number of thiazole rings is 1. The largest absolute Gasteiger partial charge is 0.304 e. The molecule has 0 bridgehead atoms. The second-order valence-electron chi connectivity index (χ2n) is 6.33. The third kappa shape index (κ3) is 3.00. The Hall–Kier alpha value is -3.31. The molecule has 0 spiro atoms. The molecule has 0 atom stereocenters. The summed E-state index contributed by atoms with van der Waals surface area (Å²) in [5, 5.41) is 14.8. The van der Waals surface area contributed by atoms with Crippen molar-refractivity contribution in [1.29, 1.82) is 5.26 Å². The minimum absolute atomic E-state index is 0.324. The minimum Gasteiger partial charge on any atom is -0.304 e. The van der Waals surface area contributed by atoms with E-state index >= 15 is 0 Å². The van der Waals surface area contributed by atoms with E-state index < -0.39 is 0 Å². The summed E-state index contributed by atoms with van der Waals surface area (Å²) in [7, 11) is 1.89. The molecule has 28 heavy (non-hydrogen) atoms. The van der Waals surface area contributed by atoms with Crippen LogP contribution in [0.5, 0.6) is 0 Å². The molecule has 6 nitrogen and oxygen atoms in total. The van der Waals surface area contributed by atoms with Crippen LogP contribution in [0.15, 0.2) is 36.4 Å². The fourth-order valence-electron chi connectivity index (χ4n) is 3.05. The first-order valence-electron chi connectivity index (χ1n) is 8.77. The van der Waals surface area contributed by atoms with Gasteiger partial charge in [0, 0.05) is 12.6 Å². The second kappa shape index (κ2) is 7.02. The number of fused-ring (bicyclic) bond motifs is 1. The van der Waals surface area contributed by atoms with Gasteiger partial charge < -0.3 is 4.90 Å². The van der Waals surface area contributed by atoms with Crippen LogP contribution in [-0.4, -0.2) is 26.6 Å². The summed E-state index contributed by atoms with van der Waals surface area (Å²) in [5.74, 6) is 0.500. The smallest absolute Gasteiger partial charge is 0.192 e. The van der Waals surface area contributed by atoms with Crippen molar-refractivity contribution in [2.75, 3.05) is 11.9 Å². The van der Waals surface area contributed by atoms with Gasteiger partial charge in [0.2, 0.25) is 0 Å². The van der Waals surface area contributed by atoms with Crippen LogP contribution in [-0.2, 0) is 6.42 Å². The Kier molecular flexibility index (Phi) is 4.53. The summed E-state index contributed by atoms with van der Waals surface area (Å²) in [6, 6.07) is 12.1. The zero-order valence-corrected chi connectivity index (χ0v) is 16.5. The molecule has 0 N–H and O–H groups in total. The molecule has 1 aromatic carbocycles. The third-order valence-electron chi connectivity index (χ3n) is 4.43. The van der Waals surface area contributed by atoms with Crippen LogP contribution in [0.2, 0.25) is 0 Å². The molecule has 4 rings (SSSR count). The molecule has 0 aliphatic carbocycles. The van der Waals surface area contributed by atoms with Gasteiger partial charge in [-0.25, -0.2) is 14.4 Å². The summed E-state index contributed by atoms with van der Waals surface area (Å²) in [6.07, 6.45) is 0.739. The van der Waals surface area contributed by atoms with Crippen molar-refractivity contribution < 1.29 is 4.39 Å². The third-order valence-corrected chi connectivity index (χ3v) is 5.47. The quantitative estimate of drug-likeness (QED) is 0.511. The number of rotatable bonds is 4. The van der Waals surface area contributed by atoms with E-state index in [1.165, 1.54) is 23.5 Å². The lowest BCUT2D eigenvalue weighted by molar-refractivity contribution is 0.628. The second-order valence-corrected chi connectivity index (χ2v) is 7.31. The van der Waals surface area contributed by atoms with Crippen molar-refractivity contribution in [2.45, 2.75) is 20.3 Å². The lowest BCUT2D eigenvalue weighted by atomic mass is 10.1. The summed E-state index contributed by atoms with van der Waals surface area (Å²) in [4.78, 5) is 11.7. The summed E-state index contributed by atoms with van der Waals surface area (Å²) < 4.78 is 15.1. The molecular weight excluding hydrogens is 375 g/mol. The van der Waals surface area contributed by atoms with Gasteiger partial charge in [-0.2, -0.15) is 14.9 Å². The first-order chi connectivity index (χ1) is 13.5. The predicted octanol–water partition coefficient (Wildman–Crippen LogP) is 4.50. The van der Waals surface area contributed by atoms with Crippen LogP contribution in [0.3, 0.4) is 0 Å². The molecule has 0 aliphatic heterocycles. The highest BCUT2D eigenvalue weighted by molar-refractivity contribution is 7.16. The van der Waals surface area contributed by atoms with Crippen molar-refractivity contribution in [3.63, 3.8) is 0 Å². The Morgan fingerprint density at radius 2 is 1.93 bits per heavy atom. The predicted molar refractivity (Wildman–Crippen MR) is 107 cm³/mol. The van der Waals surface area contributed by atoms with Gasteiger partial charge in [0.1, 0.15) is 22.5 Å². The SMILES string of the molecule is CCc1nc2ccc(C)nn2c1N(C)c1nc(-c2ccc(F)cc2)c(C#N)s1. The number of halogens is 1. The zero-order valence-electron chi connectivity index (χ0n) is 15.6. The van der Waals surface area contributed by atoms with Gasteiger partial charge in [-0.05, 0) is 49.7 Å². The molecule has 0 unspecified atom stereocenters. The average Bonchev–Trinajstić information content (AvgIpc) is 3.29. The van der Waals surface area contributed by atoms with Crippen LogP contribution < -0.4 is 4.90 Å². The molecule has 0 radical (unpaired) electrons. The van der Waals surface area contributed by atoms with Crippen LogP contribution in [0.4, 0.5) is 15.3 Å². The number of hydrogen-bond donors (Lipinski definition) is 0. The van der Waals surface area contributed by atoms with E-state index in [1.807, 2.05) is 37.9 Å². The number of aryl methyl sites for hydroxylation is 2. The van der Waals surface area contributed by atoms with Crippen LogP contribution >= 0.6 is 11.3 Å². The van der Waals surface area contributed by atoms with E-state index in [4.69, 9.17) is 0 Å². The monoisotopic (exact) mass is 392 g/mol. The fourth-order valence-corrected chi connectivity index (χ4v) is 3.90. The van der Waals surface area contributed by atoms with Crippen molar-refractivity contribution in [2.24, 2.45) is 0 Å². The highest BCUT2D eigenvalue weighted by Gasteiger charge is 2.22. The molecule has 4 aromatic rings. The van der Waals surface area contributed by atoms with E-state index in [0.717, 1.165) is 29.3 Å². The highest BCUT2D eigenvalue weighted by atomic mass is 32.1. The first kappa shape index (κ1) is 18.1. The number of hydrogen-bond acceptors (Lipinski definition) is 6. The molecule has 140 valence electrons. The Labute approximate surface area is 165 Å². The molecule has 0 saturated carbocycles. The minimum atomic E-state index is -0.324. The molecule has 8 heteroatoms. The van der Waals surface area contributed by atoms with Crippen LogP contribution in [0.1, 0.15) is 23.2 Å². The van der Waals surface area contributed by atoms with Crippen molar-refractivity contribution in [1.82, 2.24) is 19.6 Å². The van der Waals surface area contributed by atoms with Gasteiger partial charge >= 0.3 is 0 Å². The van der Waals surface area contributed by atoms with Crippen LogP contribution in [0, 0.1) is 24.1 Å². The number of nitrogens with zero attached hydrogens (tertiary/aromatic N) is 6. The van der Waals surface area contributed by atoms with E-state index in [1.54, 1.807) is 16.6 Å². The normalized spacial score (nSPS) is 11.0. The zero-order chi connectivity index (χ0) is 19.8.